The van der Waals surface area contributed by atoms with Crippen LogP contribution in [0.2, 0.25) is 0 Å². The smallest absolute Gasteiger partial charge is 0.174 e. The van der Waals surface area contributed by atoms with Crippen LogP contribution in [0.5, 0.6) is 5.75 Å². The summed E-state index contributed by atoms with van der Waals surface area (Å²) in [6.07, 6.45) is 2.88. The van der Waals surface area contributed by atoms with Gasteiger partial charge in [-0.25, -0.2) is 0 Å². The van der Waals surface area contributed by atoms with Crippen LogP contribution in [0.25, 0.3) is 0 Å². The van der Waals surface area contributed by atoms with Crippen LogP contribution in [0.4, 0.5) is 0 Å². The number of oxime groups is 1. The van der Waals surface area contributed by atoms with Gasteiger partial charge in [0.25, 0.3) is 0 Å². The summed E-state index contributed by atoms with van der Waals surface area (Å²) in [6, 6.07) is 5.68. The third-order valence-electron chi connectivity index (χ3n) is 2.68. The number of amidine groups is 1. The summed E-state index contributed by atoms with van der Waals surface area (Å²) < 4.78 is 5.79. The molecule has 0 aliphatic heterocycles. The van der Waals surface area contributed by atoms with Gasteiger partial charge in [-0.15, -0.1) is 11.8 Å². The minimum Gasteiger partial charge on any atom is -0.493 e. The Morgan fingerprint density at radius 1 is 1.42 bits per heavy atom. The van der Waals surface area contributed by atoms with E-state index in [9.17, 15) is 0 Å². The molecule has 0 heterocycles. The fraction of sp³-hybridized carbons (Fsp3) is 0.500. The zero-order valence-electron chi connectivity index (χ0n) is 11.9. The van der Waals surface area contributed by atoms with Crippen LogP contribution in [-0.4, -0.2) is 23.9 Å². The molecule has 0 unspecified atom stereocenters. The molecule has 0 bridgehead atoms. The van der Waals surface area contributed by atoms with E-state index in [0.29, 0.717) is 17.9 Å². The number of thioether (sulfide) groups is 1. The average Bonchev–Trinajstić information content (AvgIpc) is 2.36. The van der Waals surface area contributed by atoms with Crippen LogP contribution in [0.1, 0.15) is 32.8 Å². The van der Waals surface area contributed by atoms with Gasteiger partial charge < -0.3 is 15.7 Å². The predicted molar refractivity (Wildman–Crippen MR) is 80.3 cm³/mol. The van der Waals surface area contributed by atoms with Crippen molar-refractivity contribution in [2.45, 2.75) is 32.1 Å². The van der Waals surface area contributed by atoms with Crippen molar-refractivity contribution in [3.05, 3.63) is 23.8 Å². The fourth-order valence-electron chi connectivity index (χ4n) is 1.57. The largest absolute Gasteiger partial charge is 0.493 e. The van der Waals surface area contributed by atoms with Gasteiger partial charge in [0.05, 0.1) is 12.2 Å². The summed E-state index contributed by atoms with van der Waals surface area (Å²) in [5.74, 6) is 0.738. The Morgan fingerprint density at radius 2 is 2.11 bits per heavy atom. The first-order valence-electron chi connectivity index (χ1n) is 6.17. The van der Waals surface area contributed by atoms with Crippen molar-refractivity contribution in [1.82, 2.24) is 0 Å². The second kappa shape index (κ2) is 6.70. The molecule has 106 valence electrons. The van der Waals surface area contributed by atoms with Crippen LogP contribution < -0.4 is 10.5 Å². The Balaban J connectivity index is 2.94. The molecule has 0 amide bonds. The van der Waals surface area contributed by atoms with E-state index in [1.165, 1.54) is 0 Å². The number of rotatable bonds is 5. The highest BCUT2D eigenvalue weighted by molar-refractivity contribution is 7.98. The molecule has 5 heteroatoms. The molecular weight excluding hydrogens is 260 g/mol. The second-order valence-corrected chi connectivity index (χ2v) is 6.33. The maximum atomic E-state index is 8.89. The van der Waals surface area contributed by atoms with Gasteiger partial charge in [0.2, 0.25) is 0 Å². The molecule has 1 aromatic carbocycles. The number of nitrogens with two attached hydrogens (primary N) is 1. The Hall–Kier alpha value is -1.36. The van der Waals surface area contributed by atoms with Crippen molar-refractivity contribution >= 4 is 17.6 Å². The summed E-state index contributed by atoms with van der Waals surface area (Å²) in [7, 11) is 0. The molecule has 0 radical (unpaired) electrons. The lowest BCUT2D eigenvalue weighted by Gasteiger charge is -2.19. The Kier molecular flexibility index (Phi) is 5.54. The topological polar surface area (TPSA) is 67.8 Å². The average molecular weight is 282 g/mol. The predicted octanol–water partition coefficient (Wildman–Crippen LogP) is 3.32. The van der Waals surface area contributed by atoms with E-state index >= 15 is 0 Å². The monoisotopic (exact) mass is 282 g/mol. The number of hydrogen-bond donors (Lipinski definition) is 2. The van der Waals surface area contributed by atoms with E-state index in [0.717, 1.165) is 11.3 Å². The minimum absolute atomic E-state index is 0.0794. The molecule has 0 aromatic heterocycles. The van der Waals surface area contributed by atoms with E-state index < -0.39 is 0 Å². The van der Waals surface area contributed by atoms with Crippen LogP contribution in [-0.2, 0) is 0 Å². The van der Waals surface area contributed by atoms with Gasteiger partial charge in [0.1, 0.15) is 5.75 Å². The van der Waals surface area contributed by atoms with Crippen molar-refractivity contribution in [1.29, 1.82) is 0 Å². The van der Waals surface area contributed by atoms with E-state index in [2.05, 4.69) is 25.9 Å². The lowest BCUT2D eigenvalue weighted by Crippen LogP contribution is -2.17. The Labute approximate surface area is 119 Å². The Bertz CT molecular complexity index is 453. The molecule has 0 saturated heterocycles. The highest BCUT2D eigenvalue weighted by atomic mass is 32.2. The lowest BCUT2D eigenvalue weighted by atomic mass is 9.93. The van der Waals surface area contributed by atoms with Gasteiger partial charge >= 0.3 is 0 Å². The summed E-state index contributed by atoms with van der Waals surface area (Å²) in [5, 5.41) is 12.0. The van der Waals surface area contributed by atoms with Crippen LogP contribution in [0.3, 0.4) is 0 Å². The Morgan fingerprint density at radius 3 is 2.63 bits per heavy atom. The van der Waals surface area contributed by atoms with Gasteiger partial charge in [0, 0.05) is 4.90 Å². The number of hydrogen-bond acceptors (Lipinski definition) is 4. The minimum atomic E-state index is 0.0794. The zero-order chi connectivity index (χ0) is 14.5. The standard InChI is InChI=1S/C14H22N2O2S/c1-14(2,3)8-9-18-10-6-5-7-11(19-4)12(10)13(15)16-17/h5-7,17H,8-9H2,1-4H3,(H2,15,16). The molecule has 0 aliphatic carbocycles. The normalized spacial score (nSPS) is 12.5. The number of benzene rings is 1. The molecule has 19 heavy (non-hydrogen) atoms. The molecule has 0 saturated carbocycles. The summed E-state index contributed by atoms with van der Waals surface area (Å²) in [4.78, 5) is 0.934. The molecule has 4 nitrogen and oxygen atoms in total. The number of ether oxygens (including phenoxy) is 1. The van der Waals surface area contributed by atoms with Crippen molar-refractivity contribution < 1.29 is 9.94 Å². The summed E-state index contributed by atoms with van der Waals surface area (Å²) in [6.45, 7) is 7.10. The second-order valence-electron chi connectivity index (χ2n) is 5.48. The SMILES string of the molecule is CSc1cccc(OCCC(C)(C)C)c1/C(N)=N/O. The van der Waals surface area contributed by atoms with Crippen LogP contribution >= 0.6 is 11.8 Å². The van der Waals surface area contributed by atoms with Gasteiger partial charge in [-0.1, -0.05) is 32.0 Å². The third-order valence-corrected chi connectivity index (χ3v) is 3.46. The first-order valence-corrected chi connectivity index (χ1v) is 7.39. The van der Waals surface area contributed by atoms with E-state index in [1.807, 2.05) is 24.5 Å². The van der Waals surface area contributed by atoms with Crippen molar-refractivity contribution in [3.8, 4) is 5.75 Å². The zero-order valence-corrected chi connectivity index (χ0v) is 12.8. The third kappa shape index (κ3) is 4.67. The first kappa shape index (κ1) is 15.7. The maximum Gasteiger partial charge on any atom is 0.174 e. The molecule has 1 aromatic rings. The van der Waals surface area contributed by atoms with Crippen molar-refractivity contribution in [2.24, 2.45) is 16.3 Å². The van der Waals surface area contributed by atoms with E-state index in [-0.39, 0.29) is 11.3 Å². The van der Waals surface area contributed by atoms with Gasteiger partial charge in [-0.05, 0) is 30.2 Å². The summed E-state index contributed by atoms with van der Waals surface area (Å²) >= 11 is 1.54. The van der Waals surface area contributed by atoms with Gasteiger partial charge in [-0.3, -0.25) is 0 Å². The molecule has 1 rings (SSSR count). The quantitative estimate of drug-likeness (QED) is 0.286. The molecule has 0 aliphatic rings. The molecular formula is C14H22N2O2S. The highest BCUT2D eigenvalue weighted by Gasteiger charge is 2.15. The first-order chi connectivity index (χ1) is 8.89. The molecule has 0 atom stereocenters. The highest BCUT2D eigenvalue weighted by Crippen LogP contribution is 2.29. The van der Waals surface area contributed by atoms with Gasteiger partial charge in [-0.2, -0.15) is 0 Å². The number of nitrogens with zero attached hydrogens (tertiary/aromatic N) is 1. The fourth-order valence-corrected chi connectivity index (χ4v) is 2.19. The molecule has 0 spiro atoms. The van der Waals surface area contributed by atoms with E-state index in [1.54, 1.807) is 11.8 Å². The van der Waals surface area contributed by atoms with Gasteiger partial charge in [0.15, 0.2) is 5.84 Å². The van der Waals surface area contributed by atoms with Crippen LogP contribution in [0, 0.1) is 5.41 Å². The lowest BCUT2D eigenvalue weighted by molar-refractivity contribution is 0.242. The van der Waals surface area contributed by atoms with E-state index in [4.69, 9.17) is 15.7 Å². The van der Waals surface area contributed by atoms with Crippen LogP contribution in [0.15, 0.2) is 28.3 Å². The molecule has 0 fully saturated rings. The van der Waals surface area contributed by atoms with Crippen molar-refractivity contribution in [3.63, 3.8) is 0 Å². The maximum absolute atomic E-state index is 8.89. The summed E-state index contributed by atoms with van der Waals surface area (Å²) in [5.41, 5.74) is 6.61. The molecule has 3 N–H and O–H groups in total. The van der Waals surface area contributed by atoms with Crippen molar-refractivity contribution in [2.75, 3.05) is 12.9 Å².